The molecule has 0 rings (SSSR count). The monoisotopic (exact) mass is 506 g/mol. The highest BCUT2D eigenvalue weighted by atomic mass is 32.2. The first-order valence-electron chi connectivity index (χ1n) is 7.86. The summed E-state index contributed by atoms with van der Waals surface area (Å²) >= 11 is 0. The van der Waals surface area contributed by atoms with Crippen LogP contribution < -0.4 is 4.72 Å². The Labute approximate surface area is 166 Å². The van der Waals surface area contributed by atoms with Gasteiger partial charge in [-0.15, -0.1) is 0 Å². The minimum absolute atomic E-state index is 0.0558. The molecule has 0 aromatic rings. The number of hydrogen-bond donors (Lipinski definition) is 1. The summed E-state index contributed by atoms with van der Waals surface area (Å²) < 4.78 is 170. The molecule has 182 valence electrons. The van der Waals surface area contributed by atoms with Crippen LogP contribution in [-0.4, -0.2) is 88.6 Å². The lowest BCUT2D eigenvalue weighted by molar-refractivity contribution is -0.890. The zero-order chi connectivity index (χ0) is 24.4. The van der Waals surface area contributed by atoms with Crippen molar-refractivity contribution >= 4 is 20.1 Å². The van der Waals surface area contributed by atoms with Crippen LogP contribution >= 0.6 is 0 Å². The highest BCUT2D eigenvalue weighted by Crippen LogP contribution is 2.54. The lowest BCUT2D eigenvalue weighted by atomic mass is 10.1. The molecule has 0 heterocycles. The Hall–Kier alpha value is -0.850. The van der Waals surface area contributed by atoms with Gasteiger partial charge in [0.1, 0.15) is 0 Å². The number of quaternary nitrogens is 1. The summed E-state index contributed by atoms with van der Waals surface area (Å²) in [7, 11) is -8.23. The van der Waals surface area contributed by atoms with E-state index in [1.54, 1.807) is 0 Å². The van der Waals surface area contributed by atoms with Gasteiger partial charge in [0.15, 0.2) is 0 Å². The first kappa shape index (κ1) is 29.1. The second-order valence-electron chi connectivity index (χ2n) is 6.91. The third kappa shape index (κ3) is 6.83. The van der Waals surface area contributed by atoms with Crippen molar-refractivity contribution in [3.63, 3.8) is 0 Å². The topological polar surface area (TPSA) is 103 Å². The molecule has 0 aliphatic heterocycles. The van der Waals surface area contributed by atoms with E-state index in [0.29, 0.717) is 0 Å². The van der Waals surface area contributed by atoms with Gasteiger partial charge in [0.05, 0.1) is 37.3 Å². The molecule has 0 radical (unpaired) electrons. The average molecular weight is 506 g/mol. The van der Waals surface area contributed by atoms with Crippen LogP contribution in [0.1, 0.15) is 12.8 Å². The third-order valence-electron chi connectivity index (χ3n) is 3.84. The molecule has 0 spiro atoms. The van der Waals surface area contributed by atoms with Crippen molar-refractivity contribution in [2.45, 2.75) is 36.1 Å². The van der Waals surface area contributed by atoms with E-state index >= 15 is 0 Å². The summed E-state index contributed by atoms with van der Waals surface area (Å²) in [6, 6.07) is 0. The number of hydrogen-bond acceptors (Lipinski definition) is 5. The largest absolute Gasteiger partial charge is 0.748 e. The minimum Gasteiger partial charge on any atom is -0.748 e. The molecular weight excluding hydrogens is 487 g/mol. The third-order valence-corrected chi connectivity index (χ3v) is 6.15. The molecule has 0 amide bonds. The van der Waals surface area contributed by atoms with Gasteiger partial charge >= 0.3 is 23.3 Å². The lowest BCUT2D eigenvalue weighted by Gasteiger charge is -2.33. The fourth-order valence-corrected chi connectivity index (χ4v) is 3.66. The van der Waals surface area contributed by atoms with Crippen molar-refractivity contribution in [1.82, 2.24) is 4.72 Å². The van der Waals surface area contributed by atoms with E-state index in [1.807, 2.05) is 0 Å². The molecule has 0 aliphatic carbocycles. The van der Waals surface area contributed by atoms with E-state index in [0.717, 1.165) is 4.72 Å². The van der Waals surface area contributed by atoms with Crippen molar-refractivity contribution < 1.29 is 65.4 Å². The van der Waals surface area contributed by atoms with Crippen LogP contribution in [0.3, 0.4) is 0 Å². The van der Waals surface area contributed by atoms with Gasteiger partial charge in [-0.25, -0.2) is 21.6 Å². The van der Waals surface area contributed by atoms with Gasteiger partial charge in [-0.3, -0.25) is 0 Å². The summed E-state index contributed by atoms with van der Waals surface area (Å²) in [5.41, 5.74) is 0. The van der Waals surface area contributed by atoms with Gasteiger partial charge in [0.2, 0.25) is 0 Å². The zero-order valence-corrected chi connectivity index (χ0v) is 17.1. The second kappa shape index (κ2) is 8.95. The van der Waals surface area contributed by atoms with Crippen molar-refractivity contribution in [2.75, 3.05) is 39.5 Å². The predicted molar refractivity (Wildman–Crippen MR) is 83.5 cm³/mol. The summed E-state index contributed by atoms with van der Waals surface area (Å²) in [5.74, 6) is -15.3. The highest BCUT2D eigenvalue weighted by Gasteiger charge is 2.85. The van der Waals surface area contributed by atoms with Crippen LogP contribution in [0, 0.1) is 0 Å². The molecule has 0 bridgehead atoms. The van der Waals surface area contributed by atoms with Crippen LogP contribution in [0.4, 0.5) is 39.5 Å². The predicted octanol–water partition coefficient (Wildman–Crippen LogP) is 1.73. The van der Waals surface area contributed by atoms with Gasteiger partial charge < -0.3 is 9.04 Å². The van der Waals surface area contributed by atoms with Crippen LogP contribution in [-0.2, 0) is 20.1 Å². The molecular formula is C12H19F9N2O5S2. The Balaban J connectivity index is 5.08. The zero-order valence-electron chi connectivity index (χ0n) is 15.4. The van der Waals surface area contributed by atoms with Gasteiger partial charge in [-0.1, -0.05) is 0 Å². The molecule has 30 heavy (non-hydrogen) atoms. The summed E-state index contributed by atoms with van der Waals surface area (Å²) in [5, 5.41) is -6.80. The molecule has 1 N–H and O–H groups in total. The van der Waals surface area contributed by atoms with E-state index in [4.69, 9.17) is 0 Å². The molecule has 7 nitrogen and oxygen atoms in total. The highest BCUT2D eigenvalue weighted by molar-refractivity contribution is 7.90. The Morgan fingerprint density at radius 3 is 1.63 bits per heavy atom. The van der Waals surface area contributed by atoms with E-state index < -0.39 is 55.7 Å². The number of nitrogens with zero attached hydrogens (tertiary/aromatic N) is 1. The Morgan fingerprint density at radius 2 is 1.23 bits per heavy atom. The maximum absolute atomic E-state index is 13.5. The van der Waals surface area contributed by atoms with E-state index in [1.165, 1.54) is 14.1 Å². The first-order chi connectivity index (χ1) is 12.9. The van der Waals surface area contributed by atoms with Gasteiger partial charge in [-0.2, -0.15) is 39.5 Å². The molecule has 0 saturated heterocycles. The lowest BCUT2D eigenvalue weighted by Crippen LogP contribution is -2.65. The van der Waals surface area contributed by atoms with E-state index in [9.17, 15) is 60.9 Å². The number of rotatable bonds is 12. The number of alkyl halides is 9. The molecule has 0 aromatic carbocycles. The Morgan fingerprint density at radius 1 is 0.800 bits per heavy atom. The molecule has 0 aliphatic rings. The van der Waals surface area contributed by atoms with E-state index in [2.05, 4.69) is 0 Å². The molecule has 0 aromatic heterocycles. The maximum atomic E-state index is 13.5. The standard InChI is InChI=1S/C12H19F9N2O5S2/c1-23(2,7-4-8-29(24,25)26)6-3-5-22-30(27,28)12(20,21)10(15,16)9(13,14)11(17,18)19/h22H,3-8H2,1-2H3. The molecule has 0 unspecified atom stereocenters. The van der Waals surface area contributed by atoms with Gasteiger partial charge in [0, 0.05) is 25.1 Å². The molecule has 0 atom stereocenters. The van der Waals surface area contributed by atoms with Gasteiger partial charge in [-0.05, 0) is 0 Å². The Kier molecular flexibility index (Phi) is 8.70. The van der Waals surface area contributed by atoms with Crippen molar-refractivity contribution in [2.24, 2.45) is 0 Å². The van der Waals surface area contributed by atoms with Crippen LogP contribution in [0.15, 0.2) is 0 Å². The summed E-state index contributed by atoms with van der Waals surface area (Å²) in [4.78, 5) is 0. The summed E-state index contributed by atoms with van der Waals surface area (Å²) in [6.07, 6.45) is -7.62. The fraction of sp³-hybridized carbons (Fsp3) is 1.00. The normalized spacial score (nSPS) is 15.5. The van der Waals surface area contributed by atoms with Crippen molar-refractivity contribution in [3.05, 3.63) is 0 Å². The first-order valence-corrected chi connectivity index (χ1v) is 10.9. The molecule has 18 heteroatoms. The van der Waals surface area contributed by atoms with E-state index in [-0.39, 0.29) is 30.4 Å². The summed E-state index contributed by atoms with van der Waals surface area (Å²) in [6.45, 7) is -1.05. The fourth-order valence-electron chi connectivity index (χ4n) is 2.11. The van der Waals surface area contributed by atoms with Crippen molar-refractivity contribution in [3.8, 4) is 0 Å². The van der Waals surface area contributed by atoms with Crippen LogP contribution in [0.25, 0.3) is 0 Å². The van der Waals surface area contributed by atoms with Crippen LogP contribution in [0.2, 0.25) is 0 Å². The second-order valence-corrected chi connectivity index (χ2v) is 10.2. The average Bonchev–Trinajstić information content (AvgIpc) is 2.48. The molecule has 0 fully saturated rings. The molecule has 0 saturated carbocycles. The Bertz CT molecular complexity index is 795. The smallest absolute Gasteiger partial charge is 0.460 e. The number of halogens is 9. The minimum atomic E-state index is -7.33. The van der Waals surface area contributed by atoms with Gasteiger partial charge in [0.25, 0.3) is 10.0 Å². The maximum Gasteiger partial charge on any atom is 0.460 e. The number of nitrogens with one attached hydrogen (secondary N) is 1. The SMILES string of the molecule is C[N+](C)(CCCNS(=O)(=O)C(F)(F)C(F)(F)C(F)(F)C(F)(F)F)CCCS(=O)(=O)[O-]. The quantitative estimate of drug-likeness (QED) is 0.188. The van der Waals surface area contributed by atoms with Crippen LogP contribution in [0.5, 0.6) is 0 Å². The van der Waals surface area contributed by atoms with Crippen molar-refractivity contribution in [1.29, 1.82) is 0 Å². The number of sulfonamides is 1.